The molecule has 0 aliphatic rings. The van der Waals surface area contributed by atoms with Crippen LogP contribution in [0, 0.1) is 0 Å². The first-order valence-corrected chi connectivity index (χ1v) is 6.79. The Balaban J connectivity index is 0.000000574. The third kappa shape index (κ3) is 2.24. The van der Waals surface area contributed by atoms with E-state index in [1.807, 2.05) is 13.8 Å². The van der Waals surface area contributed by atoms with E-state index in [0.29, 0.717) is 0 Å². The van der Waals surface area contributed by atoms with Crippen LogP contribution in [0.25, 0.3) is 21.5 Å². The summed E-state index contributed by atoms with van der Waals surface area (Å²) >= 11 is 0. The zero-order valence-electron chi connectivity index (χ0n) is 11.4. The van der Waals surface area contributed by atoms with E-state index in [9.17, 15) is 0 Å². The van der Waals surface area contributed by atoms with E-state index in [1.165, 1.54) is 27.1 Å². The molecule has 0 amide bonds. The Morgan fingerprint density at radius 3 is 2.17 bits per heavy atom. The van der Waals surface area contributed by atoms with Gasteiger partial charge in [-0.05, 0) is 33.5 Å². The smallest absolute Gasteiger partial charge is 0.0105 e. The number of rotatable bonds is 1. The largest absolute Gasteiger partial charge is 0.0683 e. The van der Waals surface area contributed by atoms with Crippen LogP contribution in [0.1, 0.15) is 26.3 Å². The Morgan fingerprint density at radius 1 is 0.722 bits per heavy atom. The first-order valence-electron chi connectivity index (χ1n) is 6.79. The van der Waals surface area contributed by atoms with Gasteiger partial charge in [-0.15, -0.1) is 0 Å². The summed E-state index contributed by atoms with van der Waals surface area (Å²) in [6.07, 6.45) is 1.10. The van der Waals surface area contributed by atoms with Crippen LogP contribution in [-0.2, 0) is 6.42 Å². The summed E-state index contributed by atoms with van der Waals surface area (Å²) in [5.74, 6) is 0. The molecule has 0 fully saturated rings. The second-order valence-corrected chi connectivity index (χ2v) is 4.20. The highest BCUT2D eigenvalue weighted by atomic mass is 14.0. The molecule has 3 aromatic rings. The van der Waals surface area contributed by atoms with Crippen molar-refractivity contribution in [1.82, 2.24) is 0 Å². The Morgan fingerprint density at radius 2 is 1.39 bits per heavy atom. The quantitative estimate of drug-likeness (QED) is 0.484. The minimum absolute atomic E-state index is 1.10. The third-order valence-electron chi connectivity index (χ3n) is 3.22. The molecule has 0 aliphatic heterocycles. The lowest BCUT2D eigenvalue weighted by Crippen LogP contribution is -1.81. The summed E-state index contributed by atoms with van der Waals surface area (Å²) in [7, 11) is 0. The van der Waals surface area contributed by atoms with E-state index in [2.05, 4.69) is 61.5 Å². The molecule has 0 nitrogen and oxygen atoms in total. The fourth-order valence-electron chi connectivity index (χ4n) is 2.28. The van der Waals surface area contributed by atoms with Crippen molar-refractivity contribution in [3.63, 3.8) is 0 Å². The zero-order chi connectivity index (χ0) is 13.0. The number of hydrogen-bond acceptors (Lipinski definition) is 0. The van der Waals surface area contributed by atoms with Gasteiger partial charge in [0.2, 0.25) is 0 Å². The zero-order valence-corrected chi connectivity index (χ0v) is 11.4. The molecule has 0 atom stereocenters. The van der Waals surface area contributed by atoms with E-state index >= 15 is 0 Å². The minimum atomic E-state index is 1.10. The highest BCUT2D eigenvalue weighted by Gasteiger charge is 2.00. The maximum absolute atomic E-state index is 2.29. The van der Waals surface area contributed by atoms with Gasteiger partial charge in [-0.25, -0.2) is 0 Å². The monoisotopic (exact) mass is 236 g/mol. The molecule has 0 heteroatoms. The van der Waals surface area contributed by atoms with Gasteiger partial charge in [-0.3, -0.25) is 0 Å². The number of hydrogen-bond donors (Lipinski definition) is 0. The normalized spacial score (nSPS) is 10.2. The molecule has 0 aromatic heterocycles. The molecule has 0 spiro atoms. The highest BCUT2D eigenvalue weighted by molar-refractivity contribution is 6.07. The molecule has 0 radical (unpaired) electrons. The SMILES string of the molecule is CC.CCc1ccc2c(ccc3ccccc32)c1. The maximum Gasteiger partial charge on any atom is -0.0105 e. The number of benzene rings is 3. The summed E-state index contributed by atoms with van der Waals surface area (Å²) in [5, 5.41) is 5.37. The average Bonchev–Trinajstić information content (AvgIpc) is 2.48. The van der Waals surface area contributed by atoms with Gasteiger partial charge in [-0.1, -0.05) is 75.4 Å². The number of fused-ring (bicyclic) bond motifs is 3. The van der Waals surface area contributed by atoms with Gasteiger partial charge in [0, 0.05) is 0 Å². The minimum Gasteiger partial charge on any atom is -0.0683 e. The van der Waals surface area contributed by atoms with Gasteiger partial charge < -0.3 is 0 Å². The molecule has 3 rings (SSSR count). The van der Waals surface area contributed by atoms with Crippen LogP contribution in [0.5, 0.6) is 0 Å². The molecule has 92 valence electrons. The van der Waals surface area contributed by atoms with Crippen molar-refractivity contribution in [2.45, 2.75) is 27.2 Å². The fraction of sp³-hybridized carbons (Fsp3) is 0.222. The van der Waals surface area contributed by atoms with Crippen LogP contribution >= 0.6 is 0 Å². The van der Waals surface area contributed by atoms with Gasteiger partial charge in [-0.2, -0.15) is 0 Å². The Hall–Kier alpha value is -1.82. The second-order valence-electron chi connectivity index (χ2n) is 4.20. The summed E-state index contributed by atoms with van der Waals surface area (Å²) < 4.78 is 0. The Labute approximate surface area is 109 Å². The highest BCUT2D eigenvalue weighted by Crippen LogP contribution is 2.25. The van der Waals surface area contributed by atoms with Crippen molar-refractivity contribution in [2.75, 3.05) is 0 Å². The van der Waals surface area contributed by atoms with Crippen molar-refractivity contribution < 1.29 is 0 Å². The standard InChI is InChI=1S/C16H14.C2H6/c1-2-12-7-10-16-14(11-12)9-8-13-5-3-4-6-15(13)16;1-2/h3-11H,2H2,1H3;1-2H3. The van der Waals surface area contributed by atoms with Crippen molar-refractivity contribution in [3.05, 3.63) is 60.2 Å². The van der Waals surface area contributed by atoms with Gasteiger partial charge in [0.25, 0.3) is 0 Å². The van der Waals surface area contributed by atoms with Gasteiger partial charge in [0.15, 0.2) is 0 Å². The second kappa shape index (κ2) is 5.68. The average molecular weight is 236 g/mol. The van der Waals surface area contributed by atoms with Crippen LogP contribution in [0.4, 0.5) is 0 Å². The summed E-state index contributed by atoms with van der Waals surface area (Å²) in [5.41, 5.74) is 1.41. The molecule has 0 unspecified atom stereocenters. The fourth-order valence-corrected chi connectivity index (χ4v) is 2.28. The molecular weight excluding hydrogens is 216 g/mol. The van der Waals surface area contributed by atoms with Crippen LogP contribution in [-0.4, -0.2) is 0 Å². The van der Waals surface area contributed by atoms with Crippen molar-refractivity contribution >= 4 is 21.5 Å². The van der Waals surface area contributed by atoms with Crippen molar-refractivity contribution in [3.8, 4) is 0 Å². The maximum atomic E-state index is 2.29. The van der Waals surface area contributed by atoms with E-state index in [4.69, 9.17) is 0 Å². The van der Waals surface area contributed by atoms with Crippen LogP contribution < -0.4 is 0 Å². The molecule has 3 aromatic carbocycles. The van der Waals surface area contributed by atoms with E-state index in [-0.39, 0.29) is 0 Å². The van der Waals surface area contributed by atoms with Crippen LogP contribution in [0.3, 0.4) is 0 Å². The van der Waals surface area contributed by atoms with Gasteiger partial charge in [0.05, 0.1) is 0 Å². The van der Waals surface area contributed by atoms with Gasteiger partial charge in [0.1, 0.15) is 0 Å². The molecular formula is C18H20. The van der Waals surface area contributed by atoms with Crippen LogP contribution in [0.2, 0.25) is 0 Å². The van der Waals surface area contributed by atoms with Crippen molar-refractivity contribution in [1.29, 1.82) is 0 Å². The predicted molar refractivity (Wildman–Crippen MR) is 82.2 cm³/mol. The Kier molecular flexibility index (Phi) is 3.99. The molecule has 0 saturated heterocycles. The molecule has 0 aliphatic carbocycles. The lowest BCUT2D eigenvalue weighted by molar-refractivity contribution is 1.15. The van der Waals surface area contributed by atoms with E-state index in [0.717, 1.165) is 6.42 Å². The van der Waals surface area contributed by atoms with Gasteiger partial charge >= 0.3 is 0 Å². The first kappa shape index (κ1) is 12.6. The van der Waals surface area contributed by atoms with Crippen LogP contribution in [0.15, 0.2) is 54.6 Å². The summed E-state index contributed by atoms with van der Waals surface area (Å²) in [6.45, 7) is 6.20. The lowest BCUT2D eigenvalue weighted by Gasteiger charge is -2.05. The van der Waals surface area contributed by atoms with Crippen molar-refractivity contribution in [2.24, 2.45) is 0 Å². The lowest BCUT2D eigenvalue weighted by atomic mass is 10.00. The third-order valence-corrected chi connectivity index (χ3v) is 3.22. The number of aryl methyl sites for hydroxylation is 1. The Bertz CT molecular complexity index is 650. The van der Waals surface area contributed by atoms with E-state index in [1.54, 1.807) is 0 Å². The summed E-state index contributed by atoms with van der Waals surface area (Å²) in [6, 6.07) is 19.8. The summed E-state index contributed by atoms with van der Waals surface area (Å²) in [4.78, 5) is 0. The first-order chi connectivity index (χ1) is 8.88. The molecule has 0 saturated carbocycles. The topological polar surface area (TPSA) is 0 Å². The predicted octanol–water partition coefficient (Wildman–Crippen LogP) is 5.58. The molecule has 0 heterocycles. The molecule has 0 N–H and O–H groups in total. The van der Waals surface area contributed by atoms with E-state index < -0.39 is 0 Å². The molecule has 0 bridgehead atoms. The molecule has 18 heavy (non-hydrogen) atoms.